The summed E-state index contributed by atoms with van der Waals surface area (Å²) >= 11 is 0. The number of hydrogen-bond acceptors (Lipinski definition) is 3. The van der Waals surface area contributed by atoms with E-state index in [2.05, 4.69) is 9.97 Å². The van der Waals surface area contributed by atoms with E-state index in [-0.39, 0.29) is 5.56 Å². The fourth-order valence-electron chi connectivity index (χ4n) is 2.70. The van der Waals surface area contributed by atoms with Gasteiger partial charge in [-0.2, -0.15) is 0 Å². The normalized spacial score (nSPS) is 11.8. The number of hydrogen-bond donors (Lipinski definition) is 1. The first-order valence-electron chi connectivity index (χ1n) is 7.69. The molecule has 1 amide bonds. The van der Waals surface area contributed by atoms with Crippen LogP contribution in [0.15, 0.2) is 71.8 Å². The van der Waals surface area contributed by atoms with Gasteiger partial charge in [0.15, 0.2) is 0 Å². The molecule has 0 aliphatic rings. The van der Waals surface area contributed by atoms with E-state index in [1.54, 1.807) is 49.6 Å². The van der Waals surface area contributed by atoms with Crippen molar-refractivity contribution in [1.82, 2.24) is 14.9 Å². The van der Waals surface area contributed by atoms with E-state index in [9.17, 15) is 14.0 Å². The van der Waals surface area contributed by atoms with Crippen LogP contribution < -0.4 is 5.56 Å². The highest BCUT2D eigenvalue weighted by molar-refractivity contribution is 5.94. The number of carbonyl (C=O) groups is 1. The maximum atomic E-state index is 13.7. The molecule has 6 heteroatoms. The van der Waals surface area contributed by atoms with Gasteiger partial charge in [-0.25, -0.2) is 4.39 Å². The zero-order chi connectivity index (χ0) is 17.8. The van der Waals surface area contributed by atoms with Crippen LogP contribution in [-0.2, 0) is 0 Å². The summed E-state index contributed by atoms with van der Waals surface area (Å²) in [6.07, 6.45) is 3.07. The van der Waals surface area contributed by atoms with E-state index in [4.69, 9.17) is 0 Å². The molecule has 126 valence electrons. The molecule has 1 N–H and O–H groups in total. The lowest BCUT2D eigenvalue weighted by atomic mass is 10.0. The molecule has 0 radical (unpaired) electrons. The first-order chi connectivity index (χ1) is 12.1. The largest absolute Gasteiger partial charge is 0.329 e. The van der Waals surface area contributed by atoms with Crippen molar-refractivity contribution in [2.24, 2.45) is 0 Å². The first-order valence-corrected chi connectivity index (χ1v) is 7.69. The molecule has 0 saturated heterocycles. The third-order valence-electron chi connectivity index (χ3n) is 3.89. The summed E-state index contributed by atoms with van der Waals surface area (Å²) in [7, 11) is 1.57. The van der Waals surface area contributed by atoms with Gasteiger partial charge in [0.05, 0.1) is 11.7 Å². The number of pyridine rings is 2. The molecular formula is C19H16FN3O2. The highest BCUT2D eigenvalue weighted by atomic mass is 19.1. The number of H-pyrrole nitrogens is 1. The van der Waals surface area contributed by atoms with E-state index in [0.717, 1.165) is 0 Å². The third-order valence-corrected chi connectivity index (χ3v) is 3.89. The second-order valence-corrected chi connectivity index (χ2v) is 5.54. The number of nitrogens with zero attached hydrogens (tertiary/aromatic N) is 2. The maximum Gasteiger partial charge on any atom is 0.260 e. The fourth-order valence-corrected chi connectivity index (χ4v) is 2.70. The molecule has 0 unspecified atom stereocenters. The molecule has 2 aromatic heterocycles. The predicted molar refractivity (Wildman–Crippen MR) is 91.6 cm³/mol. The summed E-state index contributed by atoms with van der Waals surface area (Å²) in [6.45, 7) is 0. The van der Waals surface area contributed by atoms with Gasteiger partial charge < -0.3 is 9.88 Å². The van der Waals surface area contributed by atoms with Gasteiger partial charge in [0.1, 0.15) is 11.4 Å². The Morgan fingerprint density at radius 3 is 2.68 bits per heavy atom. The summed E-state index contributed by atoms with van der Waals surface area (Å²) in [5, 5.41) is 0. The van der Waals surface area contributed by atoms with Gasteiger partial charge in [-0.1, -0.05) is 18.2 Å². The van der Waals surface area contributed by atoms with Crippen molar-refractivity contribution in [2.75, 3.05) is 7.05 Å². The highest BCUT2D eigenvalue weighted by Crippen LogP contribution is 2.27. The van der Waals surface area contributed by atoms with Gasteiger partial charge in [0, 0.05) is 19.4 Å². The van der Waals surface area contributed by atoms with Crippen LogP contribution in [0, 0.1) is 5.82 Å². The molecule has 1 aromatic carbocycles. The molecule has 0 fully saturated rings. The second kappa shape index (κ2) is 7.09. The van der Waals surface area contributed by atoms with Gasteiger partial charge in [-0.15, -0.1) is 0 Å². The molecule has 0 aliphatic carbocycles. The first kappa shape index (κ1) is 16.6. The quantitative estimate of drug-likeness (QED) is 0.796. The summed E-state index contributed by atoms with van der Waals surface area (Å²) < 4.78 is 13.7. The summed E-state index contributed by atoms with van der Waals surface area (Å²) in [6, 6.07) is 13.7. The molecule has 3 rings (SSSR count). The van der Waals surface area contributed by atoms with Crippen molar-refractivity contribution in [3.8, 4) is 0 Å². The number of aromatic amines is 1. The van der Waals surface area contributed by atoms with Crippen LogP contribution in [0.25, 0.3) is 0 Å². The van der Waals surface area contributed by atoms with E-state index in [1.807, 2.05) is 0 Å². The number of aromatic nitrogens is 2. The summed E-state index contributed by atoms with van der Waals surface area (Å²) in [4.78, 5) is 32.9. The van der Waals surface area contributed by atoms with Crippen LogP contribution in [0.2, 0.25) is 0 Å². The minimum Gasteiger partial charge on any atom is -0.329 e. The monoisotopic (exact) mass is 337 g/mol. The van der Waals surface area contributed by atoms with Crippen molar-refractivity contribution in [3.63, 3.8) is 0 Å². The number of nitrogens with one attached hydrogen (secondary N) is 1. The van der Waals surface area contributed by atoms with E-state index in [0.29, 0.717) is 11.3 Å². The zero-order valence-electron chi connectivity index (χ0n) is 13.5. The average molecular weight is 337 g/mol. The van der Waals surface area contributed by atoms with Crippen molar-refractivity contribution in [1.29, 1.82) is 0 Å². The molecule has 2 heterocycles. The van der Waals surface area contributed by atoms with E-state index < -0.39 is 23.3 Å². The topological polar surface area (TPSA) is 66.1 Å². The fraction of sp³-hybridized carbons (Fsp3) is 0.105. The summed E-state index contributed by atoms with van der Waals surface area (Å²) in [5.41, 5.74) is 0.693. The number of amides is 1. The number of carbonyl (C=O) groups excluding carboxylic acids is 1. The van der Waals surface area contributed by atoms with Gasteiger partial charge >= 0.3 is 0 Å². The van der Waals surface area contributed by atoms with Crippen LogP contribution >= 0.6 is 0 Å². The van der Waals surface area contributed by atoms with Crippen molar-refractivity contribution >= 4 is 5.91 Å². The van der Waals surface area contributed by atoms with Crippen LogP contribution in [0.5, 0.6) is 0 Å². The van der Waals surface area contributed by atoms with Crippen molar-refractivity contribution < 1.29 is 9.18 Å². The zero-order valence-corrected chi connectivity index (χ0v) is 13.5. The van der Waals surface area contributed by atoms with Crippen LogP contribution in [-0.4, -0.2) is 27.8 Å². The Bertz CT molecular complexity index is 940. The molecular weight excluding hydrogens is 321 g/mol. The highest BCUT2D eigenvalue weighted by Gasteiger charge is 2.27. The van der Waals surface area contributed by atoms with Gasteiger partial charge in [-0.3, -0.25) is 14.6 Å². The molecule has 25 heavy (non-hydrogen) atoms. The maximum absolute atomic E-state index is 13.7. The van der Waals surface area contributed by atoms with Crippen molar-refractivity contribution in [2.45, 2.75) is 6.04 Å². The Hall–Kier alpha value is -3.28. The SMILES string of the molecule is CN(C(=O)c1ccc[nH]c1=O)[C@@H](c1cccc(F)c1)c1ccccn1. The van der Waals surface area contributed by atoms with Gasteiger partial charge in [0.2, 0.25) is 0 Å². The molecule has 5 nitrogen and oxygen atoms in total. The Morgan fingerprint density at radius 1 is 1.16 bits per heavy atom. The molecule has 0 aliphatic heterocycles. The van der Waals surface area contributed by atoms with Gasteiger partial charge in [-0.05, 0) is 42.0 Å². The summed E-state index contributed by atoms with van der Waals surface area (Å²) in [5.74, 6) is -0.876. The van der Waals surface area contributed by atoms with Crippen molar-refractivity contribution in [3.05, 3.63) is 100.0 Å². The molecule has 0 saturated carbocycles. The lowest BCUT2D eigenvalue weighted by molar-refractivity contribution is 0.0750. The lowest BCUT2D eigenvalue weighted by Gasteiger charge is -2.28. The average Bonchev–Trinajstić information content (AvgIpc) is 2.63. The minimum atomic E-state index is -0.621. The Labute approximate surface area is 143 Å². The predicted octanol–water partition coefficient (Wildman–Crippen LogP) is 2.77. The molecule has 1 atom stereocenters. The minimum absolute atomic E-state index is 0.0161. The van der Waals surface area contributed by atoms with Crippen LogP contribution in [0.4, 0.5) is 4.39 Å². The molecule has 0 bridgehead atoms. The molecule has 3 aromatic rings. The number of benzene rings is 1. The smallest absolute Gasteiger partial charge is 0.260 e. The molecule has 0 spiro atoms. The second-order valence-electron chi connectivity index (χ2n) is 5.54. The van der Waals surface area contributed by atoms with Gasteiger partial charge in [0.25, 0.3) is 11.5 Å². The standard InChI is InChI=1S/C19H16FN3O2/c1-23(19(25)15-8-5-11-22-18(15)24)17(16-9-2-3-10-21-16)13-6-4-7-14(20)12-13/h2-12,17H,1H3,(H,22,24)/t17-/m0/s1. The van der Waals surface area contributed by atoms with Crippen LogP contribution in [0.3, 0.4) is 0 Å². The Balaban J connectivity index is 2.07. The lowest BCUT2D eigenvalue weighted by Crippen LogP contribution is -2.35. The van der Waals surface area contributed by atoms with E-state index in [1.165, 1.54) is 29.3 Å². The Morgan fingerprint density at radius 2 is 2.00 bits per heavy atom. The van der Waals surface area contributed by atoms with E-state index >= 15 is 0 Å². The Kier molecular flexibility index (Phi) is 4.70. The third kappa shape index (κ3) is 3.47. The number of halogens is 1. The van der Waals surface area contributed by atoms with Crippen LogP contribution in [0.1, 0.15) is 27.7 Å². The number of rotatable bonds is 4.